The maximum atomic E-state index is 13.1. The molecule has 0 radical (unpaired) electrons. The summed E-state index contributed by atoms with van der Waals surface area (Å²) in [5.74, 6) is -0.138. The highest BCUT2D eigenvalue weighted by atomic mass is 32.1. The van der Waals surface area contributed by atoms with Crippen molar-refractivity contribution in [3.8, 4) is 16.2 Å². The molecule has 8 heteroatoms. The van der Waals surface area contributed by atoms with Crippen molar-refractivity contribution in [2.45, 2.75) is 77.9 Å². The number of carbonyl (C=O) groups excluding carboxylic acids is 2. The van der Waals surface area contributed by atoms with E-state index < -0.39 is 5.60 Å². The van der Waals surface area contributed by atoms with Gasteiger partial charge in [-0.3, -0.25) is 5.32 Å². The molecule has 2 aliphatic rings. The van der Waals surface area contributed by atoms with E-state index in [1.165, 1.54) is 28.2 Å². The van der Waals surface area contributed by atoms with E-state index in [4.69, 9.17) is 4.74 Å². The van der Waals surface area contributed by atoms with Crippen molar-refractivity contribution in [3.05, 3.63) is 56.3 Å². The van der Waals surface area contributed by atoms with E-state index >= 15 is 0 Å². The lowest BCUT2D eigenvalue weighted by atomic mass is 9.93. The standard InChI is InChI=1S/C28H32N2O4S2/c1-28(2,3)34-26(32)23-19-8-6-10-22(19)36-25(23)30-27(33)29-15-20-18-7-4-5-9-21(18)35-24(20)16-11-13-17(31)14-12-16/h11-14,31H,4-10,15H2,1-3H3,(H2,29,30,33). The third-order valence-corrected chi connectivity index (χ3v) is 9.18. The number of aromatic hydroxyl groups is 1. The Balaban J connectivity index is 1.36. The van der Waals surface area contributed by atoms with E-state index in [1.54, 1.807) is 23.5 Å². The maximum Gasteiger partial charge on any atom is 0.341 e. The second-order valence-corrected chi connectivity index (χ2v) is 12.6. The van der Waals surface area contributed by atoms with Gasteiger partial charge < -0.3 is 15.2 Å². The summed E-state index contributed by atoms with van der Waals surface area (Å²) in [7, 11) is 0. The molecule has 0 aliphatic heterocycles. The highest BCUT2D eigenvalue weighted by Gasteiger charge is 2.31. The van der Waals surface area contributed by atoms with Crippen LogP contribution in [0.2, 0.25) is 0 Å². The fourth-order valence-corrected chi connectivity index (χ4v) is 7.70. The van der Waals surface area contributed by atoms with Crippen molar-refractivity contribution >= 4 is 39.7 Å². The monoisotopic (exact) mass is 524 g/mol. The summed E-state index contributed by atoms with van der Waals surface area (Å²) in [5, 5.41) is 16.3. The van der Waals surface area contributed by atoms with Gasteiger partial charge in [0, 0.05) is 21.2 Å². The summed E-state index contributed by atoms with van der Waals surface area (Å²) < 4.78 is 5.66. The van der Waals surface area contributed by atoms with Crippen LogP contribution in [0.3, 0.4) is 0 Å². The molecular weight excluding hydrogens is 492 g/mol. The number of anilines is 1. The second-order valence-electron chi connectivity index (χ2n) is 10.4. The Morgan fingerprint density at radius 2 is 1.61 bits per heavy atom. The molecule has 0 saturated heterocycles. The van der Waals surface area contributed by atoms with E-state index in [0.29, 0.717) is 17.1 Å². The van der Waals surface area contributed by atoms with Crippen LogP contribution in [0.5, 0.6) is 5.75 Å². The second kappa shape index (κ2) is 9.90. The van der Waals surface area contributed by atoms with Crippen LogP contribution in [0, 0.1) is 0 Å². The number of rotatable bonds is 5. The normalized spacial score (nSPS) is 14.8. The molecule has 0 atom stereocenters. The molecule has 5 rings (SSSR count). The Hall–Kier alpha value is -2.84. The molecule has 6 nitrogen and oxygen atoms in total. The Labute approximate surface area is 219 Å². The predicted octanol–water partition coefficient (Wildman–Crippen LogP) is 6.83. The smallest absolute Gasteiger partial charge is 0.341 e. The summed E-state index contributed by atoms with van der Waals surface area (Å²) in [6, 6.07) is 6.93. The van der Waals surface area contributed by atoms with E-state index in [-0.39, 0.29) is 17.7 Å². The lowest BCUT2D eigenvalue weighted by molar-refractivity contribution is 0.00702. The first-order valence-corrected chi connectivity index (χ1v) is 14.2. The van der Waals surface area contributed by atoms with Crippen molar-refractivity contribution in [2.24, 2.45) is 0 Å². The Morgan fingerprint density at radius 1 is 0.944 bits per heavy atom. The molecule has 0 unspecified atom stereocenters. The van der Waals surface area contributed by atoms with E-state index in [1.807, 2.05) is 32.9 Å². The highest BCUT2D eigenvalue weighted by molar-refractivity contribution is 7.17. The van der Waals surface area contributed by atoms with Gasteiger partial charge in [0.2, 0.25) is 0 Å². The fourth-order valence-electron chi connectivity index (χ4n) is 5.02. The number of nitrogens with one attached hydrogen (secondary N) is 2. The largest absolute Gasteiger partial charge is 0.508 e. The SMILES string of the molecule is CC(C)(C)OC(=O)c1c(NC(=O)NCc2c(-c3ccc(O)cc3)sc3c2CCCC3)sc2c1CCC2. The summed E-state index contributed by atoms with van der Waals surface area (Å²) in [5.41, 5.74) is 4.47. The Morgan fingerprint density at radius 3 is 2.36 bits per heavy atom. The topological polar surface area (TPSA) is 87.7 Å². The number of fused-ring (bicyclic) bond motifs is 2. The van der Waals surface area contributed by atoms with E-state index in [0.717, 1.165) is 65.0 Å². The molecule has 0 bridgehead atoms. The maximum absolute atomic E-state index is 13.1. The van der Waals surface area contributed by atoms with E-state index in [9.17, 15) is 14.7 Å². The Kier molecular flexibility index (Phi) is 6.83. The molecule has 190 valence electrons. The molecule has 2 amide bonds. The van der Waals surface area contributed by atoms with Crippen LogP contribution in [0.15, 0.2) is 24.3 Å². The van der Waals surface area contributed by atoms with Crippen molar-refractivity contribution in [1.29, 1.82) is 0 Å². The van der Waals surface area contributed by atoms with Crippen molar-refractivity contribution < 1.29 is 19.4 Å². The number of urea groups is 1. The fraction of sp³-hybridized carbons (Fsp3) is 0.429. The summed E-state index contributed by atoms with van der Waals surface area (Å²) >= 11 is 3.28. The summed E-state index contributed by atoms with van der Waals surface area (Å²) in [6.07, 6.45) is 7.20. The van der Waals surface area contributed by atoms with Gasteiger partial charge in [-0.1, -0.05) is 0 Å². The number of carbonyl (C=O) groups is 2. The number of hydrogen-bond acceptors (Lipinski definition) is 6. The molecular formula is C28H32N2O4S2. The number of phenolic OH excluding ortho intramolecular Hbond substituents is 1. The number of ether oxygens (including phenoxy) is 1. The molecule has 0 fully saturated rings. The van der Waals surface area contributed by atoms with Gasteiger partial charge in [0.15, 0.2) is 0 Å². The molecule has 36 heavy (non-hydrogen) atoms. The van der Waals surface area contributed by atoms with Crippen LogP contribution in [0.1, 0.15) is 76.8 Å². The molecule has 0 saturated carbocycles. The zero-order valence-electron chi connectivity index (χ0n) is 21.0. The quantitative estimate of drug-likeness (QED) is 0.319. The van der Waals surface area contributed by atoms with Crippen LogP contribution in [-0.4, -0.2) is 22.7 Å². The first kappa shape index (κ1) is 24.8. The predicted molar refractivity (Wildman–Crippen MR) is 145 cm³/mol. The van der Waals surface area contributed by atoms with Gasteiger partial charge >= 0.3 is 12.0 Å². The van der Waals surface area contributed by atoms with Gasteiger partial charge in [-0.05, 0) is 112 Å². The minimum Gasteiger partial charge on any atom is -0.508 e. The molecule has 1 aromatic carbocycles. The van der Waals surface area contributed by atoms with E-state index in [2.05, 4.69) is 10.6 Å². The molecule has 3 aromatic rings. The number of aryl methyl sites for hydroxylation is 2. The summed E-state index contributed by atoms with van der Waals surface area (Å²) in [6.45, 7) is 5.96. The van der Waals surface area contributed by atoms with Crippen LogP contribution in [0.4, 0.5) is 9.80 Å². The number of phenols is 1. The number of thiophene rings is 2. The first-order chi connectivity index (χ1) is 17.2. The van der Waals surface area contributed by atoms with Crippen molar-refractivity contribution in [2.75, 3.05) is 5.32 Å². The number of amides is 2. The van der Waals surface area contributed by atoms with Crippen LogP contribution in [0.25, 0.3) is 10.4 Å². The zero-order chi connectivity index (χ0) is 25.4. The molecule has 3 N–H and O–H groups in total. The van der Waals surface area contributed by atoms with Crippen LogP contribution >= 0.6 is 22.7 Å². The van der Waals surface area contributed by atoms with Gasteiger partial charge in [0.1, 0.15) is 16.4 Å². The lowest BCUT2D eigenvalue weighted by Crippen LogP contribution is -2.30. The van der Waals surface area contributed by atoms with Gasteiger partial charge in [0.25, 0.3) is 0 Å². The average molecular weight is 525 g/mol. The van der Waals surface area contributed by atoms with Gasteiger partial charge in [0.05, 0.1) is 5.56 Å². The summed E-state index contributed by atoms with van der Waals surface area (Å²) in [4.78, 5) is 29.8. The Bertz CT molecular complexity index is 1300. The number of esters is 1. The molecule has 2 heterocycles. The third kappa shape index (κ3) is 5.15. The first-order valence-electron chi connectivity index (χ1n) is 12.5. The minimum atomic E-state index is -0.604. The number of benzene rings is 1. The zero-order valence-corrected chi connectivity index (χ0v) is 22.6. The third-order valence-electron chi connectivity index (χ3n) is 6.59. The highest BCUT2D eigenvalue weighted by Crippen LogP contribution is 2.42. The van der Waals surface area contributed by atoms with Crippen LogP contribution in [-0.2, 0) is 37.0 Å². The van der Waals surface area contributed by atoms with Crippen LogP contribution < -0.4 is 10.6 Å². The van der Waals surface area contributed by atoms with Crippen molar-refractivity contribution in [3.63, 3.8) is 0 Å². The average Bonchev–Trinajstić information content (AvgIpc) is 3.49. The molecule has 2 aromatic heterocycles. The van der Waals surface area contributed by atoms with Gasteiger partial charge in [-0.25, -0.2) is 9.59 Å². The lowest BCUT2D eigenvalue weighted by Gasteiger charge is -2.20. The van der Waals surface area contributed by atoms with Gasteiger partial charge in [-0.2, -0.15) is 0 Å². The minimum absolute atomic E-state index is 0.239. The van der Waals surface area contributed by atoms with Gasteiger partial charge in [-0.15, -0.1) is 22.7 Å². The molecule has 2 aliphatic carbocycles. The van der Waals surface area contributed by atoms with Crippen molar-refractivity contribution in [1.82, 2.24) is 5.32 Å². The number of hydrogen-bond donors (Lipinski definition) is 3. The molecule has 0 spiro atoms.